The summed E-state index contributed by atoms with van der Waals surface area (Å²) in [5.74, 6) is 0. The van der Waals surface area contributed by atoms with Gasteiger partial charge in [0.2, 0.25) is 0 Å². The Labute approximate surface area is 139 Å². The zero-order valence-electron chi connectivity index (χ0n) is 12.7. The molecule has 9 heteroatoms. The zero-order valence-corrected chi connectivity index (χ0v) is 12.7. The summed E-state index contributed by atoms with van der Waals surface area (Å²) in [5.41, 5.74) is 0. The largest absolute Gasteiger partial charge is 0.262 e. The first-order valence-electron chi connectivity index (χ1n) is 6.70. The predicted octanol–water partition coefficient (Wildman–Crippen LogP) is 1.30. The highest BCUT2D eigenvalue weighted by molar-refractivity contribution is 4.80. The Morgan fingerprint density at radius 2 is 0.792 bits per heavy atom. The Hall–Kier alpha value is -3.75. The molecule has 9 nitrogen and oxygen atoms in total. The first-order valence-corrected chi connectivity index (χ1v) is 6.70. The monoisotopic (exact) mass is 321 g/mol. The summed E-state index contributed by atoms with van der Waals surface area (Å²) in [6.07, 6.45) is 17.9. The quantitative estimate of drug-likeness (QED) is 0.472. The van der Waals surface area contributed by atoms with Crippen LogP contribution in [-0.2, 0) is 0 Å². The number of aromatic nitrogens is 9. The highest BCUT2D eigenvalue weighted by Crippen LogP contribution is 1.68. The van der Waals surface area contributed by atoms with Crippen molar-refractivity contribution >= 4 is 0 Å². The molecule has 0 bridgehead atoms. The SMILES string of the molecule is c1ccnnc1.c1cnccn1.c1cncnc1.c1cnnnc1. The van der Waals surface area contributed by atoms with Crippen molar-refractivity contribution < 1.29 is 0 Å². The summed E-state index contributed by atoms with van der Waals surface area (Å²) in [6, 6.07) is 7.15. The van der Waals surface area contributed by atoms with Gasteiger partial charge in [-0.2, -0.15) is 10.2 Å². The van der Waals surface area contributed by atoms with Crippen LogP contribution in [0.15, 0.2) is 92.6 Å². The molecular formula is C15H15N9. The average Bonchev–Trinajstić information content (AvgIpc) is 2.75. The van der Waals surface area contributed by atoms with Gasteiger partial charge in [0.15, 0.2) is 0 Å². The Bertz CT molecular complexity index is 437. The minimum absolute atomic E-state index is 1.50. The highest BCUT2D eigenvalue weighted by atomic mass is 15.3. The first-order chi connectivity index (χ1) is 12.0. The van der Waals surface area contributed by atoms with Crippen LogP contribution in [0.5, 0.6) is 0 Å². The molecule has 0 amide bonds. The smallest absolute Gasteiger partial charge is 0.115 e. The number of hydrogen-bond acceptors (Lipinski definition) is 9. The summed E-state index contributed by atoms with van der Waals surface area (Å²) in [7, 11) is 0. The predicted molar refractivity (Wildman–Crippen MR) is 85.9 cm³/mol. The minimum Gasteiger partial charge on any atom is -0.262 e. The molecule has 4 aromatic heterocycles. The molecule has 0 radical (unpaired) electrons. The van der Waals surface area contributed by atoms with Gasteiger partial charge in [0.1, 0.15) is 6.33 Å². The third-order valence-corrected chi connectivity index (χ3v) is 1.85. The topological polar surface area (TPSA) is 116 Å². The van der Waals surface area contributed by atoms with Crippen molar-refractivity contribution in [3.8, 4) is 0 Å². The lowest BCUT2D eigenvalue weighted by molar-refractivity contribution is 0.865. The van der Waals surface area contributed by atoms with E-state index < -0.39 is 0 Å². The molecular weight excluding hydrogens is 306 g/mol. The van der Waals surface area contributed by atoms with Crippen LogP contribution in [0.3, 0.4) is 0 Å². The second-order valence-electron chi connectivity index (χ2n) is 3.52. The molecule has 0 unspecified atom stereocenters. The van der Waals surface area contributed by atoms with Crippen LogP contribution < -0.4 is 0 Å². The van der Waals surface area contributed by atoms with Crippen LogP contribution in [0.4, 0.5) is 0 Å². The van der Waals surface area contributed by atoms with Crippen LogP contribution >= 0.6 is 0 Å². The van der Waals surface area contributed by atoms with Gasteiger partial charge in [-0.3, -0.25) is 9.97 Å². The van der Waals surface area contributed by atoms with Gasteiger partial charge in [0.25, 0.3) is 0 Å². The van der Waals surface area contributed by atoms with Crippen LogP contribution in [0.2, 0.25) is 0 Å². The summed E-state index contributed by atoms with van der Waals surface area (Å²) >= 11 is 0. The normalized spacial score (nSPS) is 8.00. The second kappa shape index (κ2) is 15.6. The fraction of sp³-hybridized carbons (Fsp3) is 0. The fourth-order valence-electron chi connectivity index (χ4n) is 0.965. The molecule has 0 saturated heterocycles. The molecule has 0 aliphatic heterocycles. The van der Waals surface area contributed by atoms with Crippen LogP contribution in [0.25, 0.3) is 0 Å². The van der Waals surface area contributed by atoms with Crippen molar-refractivity contribution in [1.82, 2.24) is 45.5 Å². The van der Waals surface area contributed by atoms with Crippen molar-refractivity contribution in [3.05, 3.63) is 92.6 Å². The Balaban J connectivity index is 0.000000160. The van der Waals surface area contributed by atoms with Gasteiger partial charge in [-0.15, -0.1) is 10.2 Å². The third-order valence-electron chi connectivity index (χ3n) is 1.85. The van der Waals surface area contributed by atoms with E-state index in [0.717, 1.165) is 0 Å². The number of hydrogen-bond donors (Lipinski definition) is 0. The van der Waals surface area contributed by atoms with Gasteiger partial charge in [-0.25, -0.2) is 9.97 Å². The van der Waals surface area contributed by atoms with Crippen LogP contribution in [0.1, 0.15) is 0 Å². The summed E-state index contributed by atoms with van der Waals surface area (Å²) in [5, 5.41) is 17.2. The molecule has 0 saturated carbocycles. The summed E-state index contributed by atoms with van der Waals surface area (Å²) in [6.45, 7) is 0. The van der Waals surface area contributed by atoms with Gasteiger partial charge in [-0.1, -0.05) is 0 Å². The molecule has 4 heterocycles. The first kappa shape index (κ1) is 18.3. The van der Waals surface area contributed by atoms with Gasteiger partial charge in [0.05, 0.1) is 12.4 Å². The third kappa shape index (κ3) is 13.2. The van der Waals surface area contributed by atoms with Crippen LogP contribution in [-0.4, -0.2) is 45.5 Å². The van der Waals surface area contributed by atoms with E-state index in [0.29, 0.717) is 0 Å². The maximum absolute atomic E-state index is 3.72. The number of nitrogens with zero attached hydrogens (tertiary/aromatic N) is 9. The zero-order chi connectivity index (χ0) is 17.0. The van der Waals surface area contributed by atoms with Gasteiger partial charge in [0, 0.05) is 49.6 Å². The molecule has 0 N–H and O–H groups in total. The van der Waals surface area contributed by atoms with Crippen LogP contribution in [0, 0.1) is 0 Å². The lowest BCUT2D eigenvalue weighted by atomic mass is 10.6. The van der Waals surface area contributed by atoms with Gasteiger partial charge >= 0.3 is 0 Å². The van der Waals surface area contributed by atoms with E-state index in [1.807, 2.05) is 12.1 Å². The molecule has 120 valence electrons. The summed E-state index contributed by atoms with van der Waals surface area (Å²) < 4.78 is 0. The second-order valence-corrected chi connectivity index (χ2v) is 3.52. The van der Waals surface area contributed by atoms with E-state index in [9.17, 15) is 0 Å². The lowest BCUT2D eigenvalue weighted by Crippen LogP contribution is -1.78. The maximum Gasteiger partial charge on any atom is 0.115 e. The standard InChI is InChI=1S/3C4H4N2.C3H3N3/c1-2-6-4-3-5-1;1-2-5-4-6-3-1;2*1-2-4-6-5-3-1/h3*1-4H;1-3H. The van der Waals surface area contributed by atoms with E-state index >= 15 is 0 Å². The Kier molecular flexibility index (Phi) is 11.9. The molecule has 0 fully saturated rings. The van der Waals surface area contributed by atoms with E-state index in [1.54, 1.807) is 74.1 Å². The molecule has 0 aliphatic rings. The van der Waals surface area contributed by atoms with Crippen molar-refractivity contribution in [2.75, 3.05) is 0 Å². The fourth-order valence-corrected chi connectivity index (χ4v) is 0.965. The van der Waals surface area contributed by atoms with E-state index in [2.05, 4.69) is 45.5 Å². The van der Waals surface area contributed by atoms with Crippen molar-refractivity contribution in [2.24, 2.45) is 0 Å². The Morgan fingerprint density at radius 3 is 0.958 bits per heavy atom. The molecule has 0 atom stereocenters. The molecule has 24 heavy (non-hydrogen) atoms. The molecule has 4 aromatic rings. The lowest BCUT2D eigenvalue weighted by Gasteiger charge is -1.70. The maximum atomic E-state index is 3.72. The molecule has 0 aromatic carbocycles. The molecule has 0 spiro atoms. The Morgan fingerprint density at radius 1 is 0.333 bits per heavy atom. The van der Waals surface area contributed by atoms with Crippen molar-refractivity contribution in [1.29, 1.82) is 0 Å². The van der Waals surface area contributed by atoms with Crippen molar-refractivity contribution in [3.63, 3.8) is 0 Å². The van der Waals surface area contributed by atoms with E-state index in [-0.39, 0.29) is 0 Å². The van der Waals surface area contributed by atoms with Gasteiger partial charge < -0.3 is 0 Å². The molecule has 0 aliphatic carbocycles. The van der Waals surface area contributed by atoms with Crippen molar-refractivity contribution in [2.45, 2.75) is 0 Å². The molecule has 4 rings (SSSR count). The summed E-state index contributed by atoms with van der Waals surface area (Å²) in [4.78, 5) is 14.8. The highest BCUT2D eigenvalue weighted by Gasteiger charge is 1.61. The minimum atomic E-state index is 1.50. The number of rotatable bonds is 0. The van der Waals surface area contributed by atoms with E-state index in [4.69, 9.17) is 0 Å². The van der Waals surface area contributed by atoms with Gasteiger partial charge in [-0.05, 0) is 29.5 Å². The van der Waals surface area contributed by atoms with E-state index in [1.165, 1.54) is 6.33 Å². The average molecular weight is 321 g/mol.